The zero-order chi connectivity index (χ0) is 14.1. The highest BCUT2D eigenvalue weighted by Crippen LogP contribution is 2.11. The lowest BCUT2D eigenvalue weighted by atomic mass is 10.1. The molecule has 0 aliphatic carbocycles. The highest BCUT2D eigenvalue weighted by atomic mass is 15.1. The molecule has 1 unspecified atom stereocenters. The third-order valence-electron chi connectivity index (χ3n) is 3.38. The summed E-state index contributed by atoms with van der Waals surface area (Å²) in [6.45, 7) is 10.4. The Morgan fingerprint density at radius 2 is 2.11 bits per heavy atom. The zero-order valence-electron chi connectivity index (χ0n) is 12.4. The molecule has 0 aliphatic rings. The third-order valence-corrected chi connectivity index (χ3v) is 3.38. The Hall–Kier alpha value is -1.30. The first-order chi connectivity index (χ1) is 9.19. The van der Waals surface area contributed by atoms with E-state index in [0.717, 1.165) is 31.1 Å². The smallest absolute Gasteiger partial charge is 0.0555 e. The Bertz CT molecular complexity index is 428. The van der Waals surface area contributed by atoms with Crippen molar-refractivity contribution in [3.63, 3.8) is 0 Å². The van der Waals surface area contributed by atoms with Crippen LogP contribution in [0.4, 0.5) is 0 Å². The fraction of sp³-hybridized carbons (Fsp3) is 0.529. The van der Waals surface area contributed by atoms with Gasteiger partial charge in [-0.1, -0.05) is 51.2 Å². The van der Waals surface area contributed by atoms with Crippen LogP contribution in [0.3, 0.4) is 0 Å². The first kappa shape index (κ1) is 15.8. The summed E-state index contributed by atoms with van der Waals surface area (Å²) in [6, 6.07) is 8.46. The van der Waals surface area contributed by atoms with Gasteiger partial charge in [0.2, 0.25) is 0 Å². The van der Waals surface area contributed by atoms with Gasteiger partial charge in [0.25, 0.3) is 0 Å². The molecule has 0 heterocycles. The predicted octanol–water partition coefficient (Wildman–Crippen LogP) is 2.86. The van der Waals surface area contributed by atoms with Gasteiger partial charge in [-0.3, -0.25) is 4.90 Å². The Balaban J connectivity index is 2.69. The normalized spacial score (nSPS) is 12.1. The lowest BCUT2D eigenvalue weighted by Gasteiger charge is -2.23. The van der Waals surface area contributed by atoms with E-state index in [2.05, 4.69) is 55.7 Å². The Morgan fingerprint density at radius 3 is 2.74 bits per heavy atom. The monoisotopic (exact) mass is 258 g/mol. The molecule has 0 aromatic heterocycles. The summed E-state index contributed by atoms with van der Waals surface area (Å²) in [6.07, 6.45) is 1.23. The molecule has 0 bridgehead atoms. The molecule has 0 fully saturated rings. The van der Waals surface area contributed by atoms with Crippen molar-refractivity contribution >= 4 is 0 Å². The molecule has 19 heavy (non-hydrogen) atoms. The van der Waals surface area contributed by atoms with Crippen molar-refractivity contribution in [3.8, 4) is 11.8 Å². The average Bonchev–Trinajstić information content (AvgIpc) is 2.44. The number of hydrogen-bond acceptors (Lipinski definition) is 2. The molecule has 2 N–H and O–H groups in total. The van der Waals surface area contributed by atoms with E-state index in [-0.39, 0.29) is 0 Å². The minimum absolute atomic E-state index is 0.416. The van der Waals surface area contributed by atoms with Crippen LogP contribution in [0.5, 0.6) is 0 Å². The summed E-state index contributed by atoms with van der Waals surface area (Å²) in [5.41, 5.74) is 7.79. The van der Waals surface area contributed by atoms with Crippen molar-refractivity contribution in [2.75, 3.05) is 19.6 Å². The number of benzene rings is 1. The van der Waals surface area contributed by atoms with E-state index >= 15 is 0 Å². The van der Waals surface area contributed by atoms with Gasteiger partial charge in [0, 0.05) is 18.7 Å². The Labute approximate surface area is 118 Å². The predicted molar refractivity (Wildman–Crippen MR) is 82.8 cm³/mol. The minimum Gasteiger partial charge on any atom is -0.320 e. The average molecular weight is 258 g/mol. The van der Waals surface area contributed by atoms with Gasteiger partial charge >= 0.3 is 0 Å². The first-order valence-electron chi connectivity index (χ1n) is 7.19. The molecule has 2 heteroatoms. The third kappa shape index (κ3) is 5.92. The second-order valence-electron chi connectivity index (χ2n) is 5.05. The summed E-state index contributed by atoms with van der Waals surface area (Å²) in [4.78, 5) is 2.49. The summed E-state index contributed by atoms with van der Waals surface area (Å²) in [5.74, 6) is 6.75. The van der Waals surface area contributed by atoms with E-state index in [0.29, 0.717) is 6.54 Å². The fourth-order valence-electron chi connectivity index (χ4n) is 2.03. The number of hydrogen-bond donors (Lipinski definition) is 1. The van der Waals surface area contributed by atoms with E-state index in [1.165, 1.54) is 12.0 Å². The van der Waals surface area contributed by atoms with Gasteiger partial charge in [0.15, 0.2) is 0 Å². The maximum Gasteiger partial charge on any atom is 0.0555 e. The van der Waals surface area contributed by atoms with Gasteiger partial charge in [-0.2, -0.15) is 0 Å². The van der Waals surface area contributed by atoms with Crippen molar-refractivity contribution in [1.82, 2.24) is 4.90 Å². The van der Waals surface area contributed by atoms with Crippen LogP contribution in [0.15, 0.2) is 24.3 Å². The lowest BCUT2D eigenvalue weighted by molar-refractivity contribution is 0.238. The van der Waals surface area contributed by atoms with Crippen molar-refractivity contribution in [3.05, 3.63) is 35.4 Å². The largest absolute Gasteiger partial charge is 0.320 e. The van der Waals surface area contributed by atoms with Crippen LogP contribution in [0.1, 0.15) is 38.3 Å². The highest BCUT2D eigenvalue weighted by Gasteiger charge is 2.08. The molecule has 2 nitrogen and oxygen atoms in total. The maximum absolute atomic E-state index is 5.40. The van der Waals surface area contributed by atoms with Crippen LogP contribution in [0, 0.1) is 17.8 Å². The van der Waals surface area contributed by atoms with Crippen molar-refractivity contribution in [2.24, 2.45) is 11.7 Å². The van der Waals surface area contributed by atoms with Crippen molar-refractivity contribution in [2.45, 2.75) is 33.7 Å². The second-order valence-corrected chi connectivity index (χ2v) is 5.05. The van der Waals surface area contributed by atoms with Gasteiger partial charge in [-0.05, 0) is 30.2 Å². The summed E-state index contributed by atoms with van der Waals surface area (Å²) in [5, 5.41) is 0. The molecule has 1 rings (SSSR count). The molecule has 1 aromatic carbocycles. The van der Waals surface area contributed by atoms with Gasteiger partial charge in [0.05, 0.1) is 6.54 Å². The van der Waals surface area contributed by atoms with Crippen LogP contribution in [0.25, 0.3) is 0 Å². The summed E-state index contributed by atoms with van der Waals surface area (Å²) < 4.78 is 0. The van der Waals surface area contributed by atoms with Gasteiger partial charge in [-0.25, -0.2) is 0 Å². The molecule has 0 aliphatic heterocycles. The van der Waals surface area contributed by atoms with Crippen LogP contribution in [0.2, 0.25) is 0 Å². The van der Waals surface area contributed by atoms with Crippen LogP contribution < -0.4 is 5.73 Å². The van der Waals surface area contributed by atoms with Gasteiger partial charge < -0.3 is 5.73 Å². The topological polar surface area (TPSA) is 29.3 Å². The molecule has 104 valence electrons. The minimum atomic E-state index is 0.416. The standard InChI is InChI=1S/C17H26N2/c1-4-15(3)13-19(5-2)14-17-9-6-8-16(12-17)10-7-11-18/h6,8-9,12,15H,4-5,11,13-14,18H2,1-3H3. The number of rotatable bonds is 6. The molecule has 0 amide bonds. The van der Waals surface area contributed by atoms with Crippen LogP contribution >= 0.6 is 0 Å². The molecular formula is C17H26N2. The van der Waals surface area contributed by atoms with Crippen molar-refractivity contribution < 1.29 is 0 Å². The maximum atomic E-state index is 5.40. The van der Waals surface area contributed by atoms with Crippen LogP contribution in [-0.2, 0) is 6.54 Å². The zero-order valence-corrected chi connectivity index (χ0v) is 12.4. The SMILES string of the molecule is CCC(C)CN(CC)Cc1cccc(C#CCN)c1. The molecule has 1 aromatic rings. The Morgan fingerprint density at radius 1 is 1.32 bits per heavy atom. The molecule has 0 radical (unpaired) electrons. The van der Waals surface area contributed by atoms with E-state index in [1.54, 1.807) is 0 Å². The van der Waals surface area contributed by atoms with Crippen LogP contribution in [-0.4, -0.2) is 24.5 Å². The van der Waals surface area contributed by atoms with Gasteiger partial charge in [0.1, 0.15) is 0 Å². The van der Waals surface area contributed by atoms with E-state index in [1.807, 2.05) is 6.07 Å². The second kappa shape index (κ2) is 8.74. The summed E-state index contributed by atoms with van der Waals surface area (Å²) >= 11 is 0. The van der Waals surface area contributed by atoms with E-state index in [9.17, 15) is 0 Å². The molecule has 0 spiro atoms. The van der Waals surface area contributed by atoms with Gasteiger partial charge in [-0.15, -0.1) is 0 Å². The molecule has 0 saturated carbocycles. The first-order valence-corrected chi connectivity index (χ1v) is 7.19. The lowest BCUT2D eigenvalue weighted by Crippen LogP contribution is -2.27. The number of nitrogens with two attached hydrogens (primary N) is 1. The van der Waals surface area contributed by atoms with E-state index < -0.39 is 0 Å². The Kier molecular flexibility index (Phi) is 7.25. The molecule has 1 atom stereocenters. The fourth-order valence-corrected chi connectivity index (χ4v) is 2.03. The number of nitrogens with zero attached hydrogens (tertiary/aromatic N) is 1. The molecule has 0 saturated heterocycles. The van der Waals surface area contributed by atoms with Crippen molar-refractivity contribution in [1.29, 1.82) is 0 Å². The van der Waals surface area contributed by atoms with E-state index in [4.69, 9.17) is 5.73 Å². The highest BCUT2D eigenvalue weighted by molar-refractivity contribution is 5.37. The molecular weight excluding hydrogens is 232 g/mol. The quantitative estimate of drug-likeness (QED) is 0.795. The summed E-state index contributed by atoms with van der Waals surface area (Å²) in [7, 11) is 0.